The van der Waals surface area contributed by atoms with Crippen molar-refractivity contribution in [2.45, 2.75) is 52.4 Å². The van der Waals surface area contributed by atoms with Gasteiger partial charge in [-0.3, -0.25) is 19.2 Å². The Morgan fingerprint density at radius 2 is 1.78 bits per heavy atom. The van der Waals surface area contributed by atoms with Crippen LogP contribution in [0.25, 0.3) is 0 Å². The van der Waals surface area contributed by atoms with Gasteiger partial charge in [-0.25, -0.2) is 4.79 Å². The molecule has 0 bridgehead atoms. The van der Waals surface area contributed by atoms with Crippen molar-refractivity contribution in [2.24, 2.45) is 11.8 Å². The summed E-state index contributed by atoms with van der Waals surface area (Å²) in [6.07, 6.45) is -1.97. The molecular formula is C26H30N2O8. The molecule has 1 aromatic carbocycles. The van der Waals surface area contributed by atoms with Gasteiger partial charge in [0.2, 0.25) is 0 Å². The van der Waals surface area contributed by atoms with E-state index in [4.69, 9.17) is 14.2 Å². The zero-order valence-electron chi connectivity index (χ0n) is 20.6. The number of H-pyrrole nitrogens is 1. The molecule has 1 aliphatic rings. The van der Waals surface area contributed by atoms with Crippen LogP contribution in [-0.4, -0.2) is 53.7 Å². The number of esters is 3. The number of pyridine rings is 1. The van der Waals surface area contributed by atoms with Crippen LogP contribution < -0.4 is 10.9 Å². The molecule has 2 unspecified atom stereocenters. The van der Waals surface area contributed by atoms with Crippen molar-refractivity contribution in [3.05, 3.63) is 69.6 Å². The third kappa shape index (κ3) is 6.59. The van der Waals surface area contributed by atoms with Gasteiger partial charge in [0.05, 0.1) is 5.92 Å². The van der Waals surface area contributed by atoms with Gasteiger partial charge in [0.1, 0.15) is 24.2 Å². The number of cyclic esters (lactones) is 2. The van der Waals surface area contributed by atoms with E-state index in [1.54, 1.807) is 26.8 Å². The number of ether oxygens (including phenoxy) is 3. The number of nitrogens with one attached hydrogen (secondary N) is 2. The Morgan fingerprint density at radius 3 is 2.42 bits per heavy atom. The predicted octanol–water partition coefficient (Wildman–Crippen LogP) is 1.70. The minimum Gasteiger partial charge on any atom is -0.463 e. The summed E-state index contributed by atoms with van der Waals surface area (Å²) < 4.78 is 16.6. The smallest absolute Gasteiger partial charge is 0.332 e. The summed E-state index contributed by atoms with van der Waals surface area (Å²) in [5.41, 5.74) is 0.523. The standard InChI is InChI=1S/C26H30N2O8/c1-14(2)24(31)36-21-16(4)35-26(33)20(28-23(30)18-11-10-15(3)27-22(18)29)13-34-25(32)19(21)12-17-8-6-5-7-9-17/h5-11,14,16,19-21H,12-13H2,1-4H3,(H,27,29)(H,28,30)/t16?,19-,20+,21?/m1/s1. The molecule has 1 fully saturated rings. The lowest BCUT2D eigenvalue weighted by atomic mass is 9.91. The first-order valence-corrected chi connectivity index (χ1v) is 11.7. The highest BCUT2D eigenvalue weighted by atomic mass is 16.6. The monoisotopic (exact) mass is 498 g/mol. The third-order valence-corrected chi connectivity index (χ3v) is 5.77. The number of carbonyl (C=O) groups is 4. The molecule has 3 rings (SSSR count). The normalized spacial score (nSPS) is 22.5. The number of aryl methyl sites for hydroxylation is 1. The zero-order chi connectivity index (χ0) is 26.4. The maximum atomic E-state index is 13.2. The molecule has 0 radical (unpaired) electrons. The Morgan fingerprint density at radius 1 is 1.08 bits per heavy atom. The minimum absolute atomic E-state index is 0.174. The second-order valence-electron chi connectivity index (χ2n) is 9.03. The molecule has 0 saturated carbocycles. The van der Waals surface area contributed by atoms with Crippen LogP contribution in [0.5, 0.6) is 0 Å². The molecule has 10 heteroatoms. The van der Waals surface area contributed by atoms with Crippen molar-refractivity contribution in [3.63, 3.8) is 0 Å². The minimum atomic E-state index is -1.37. The lowest BCUT2D eigenvalue weighted by Crippen LogP contribution is -2.47. The quantitative estimate of drug-likeness (QED) is 0.453. The molecule has 0 spiro atoms. The molecule has 36 heavy (non-hydrogen) atoms. The number of carbonyl (C=O) groups excluding carboxylic acids is 4. The molecular weight excluding hydrogens is 468 g/mol. The van der Waals surface area contributed by atoms with Crippen molar-refractivity contribution < 1.29 is 33.4 Å². The van der Waals surface area contributed by atoms with E-state index in [9.17, 15) is 24.0 Å². The maximum Gasteiger partial charge on any atom is 0.332 e. The number of benzene rings is 1. The number of hydrogen-bond acceptors (Lipinski definition) is 8. The van der Waals surface area contributed by atoms with Gasteiger partial charge in [0, 0.05) is 5.69 Å². The molecule has 2 aromatic rings. The Kier molecular flexibility index (Phi) is 8.63. The maximum absolute atomic E-state index is 13.2. The largest absolute Gasteiger partial charge is 0.463 e. The lowest BCUT2D eigenvalue weighted by molar-refractivity contribution is -0.176. The molecule has 1 aliphatic heterocycles. The van der Waals surface area contributed by atoms with Crippen LogP contribution in [0.3, 0.4) is 0 Å². The molecule has 1 aromatic heterocycles. The van der Waals surface area contributed by atoms with Gasteiger partial charge in [0.15, 0.2) is 12.1 Å². The van der Waals surface area contributed by atoms with Crippen LogP contribution in [-0.2, 0) is 35.0 Å². The van der Waals surface area contributed by atoms with Gasteiger partial charge < -0.3 is 24.5 Å². The van der Waals surface area contributed by atoms with Gasteiger partial charge in [-0.1, -0.05) is 44.2 Å². The highest BCUT2D eigenvalue weighted by Gasteiger charge is 2.42. The van der Waals surface area contributed by atoms with Crippen molar-refractivity contribution in [1.29, 1.82) is 0 Å². The van der Waals surface area contributed by atoms with E-state index in [2.05, 4.69) is 10.3 Å². The van der Waals surface area contributed by atoms with E-state index in [1.807, 2.05) is 30.3 Å². The average molecular weight is 499 g/mol. The highest BCUT2D eigenvalue weighted by molar-refractivity contribution is 5.96. The molecule has 2 N–H and O–H groups in total. The van der Waals surface area contributed by atoms with Gasteiger partial charge >= 0.3 is 17.9 Å². The van der Waals surface area contributed by atoms with E-state index in [1.165, 1.54) is 13.0 Å². The summed E-state index contributed by atoms with van der Waals surface area (Å²) in [6, 6.07) is 10.6. The molecule has 4 atom stereocenters. The molecule has 0 aliphatic carbocycles. The Labute approximate surface area is 208 Å². The van der Waals surface area contributed by atoms with E-state index in [0.29, 0.717) is 5.69 Å². The Balaban J connectivity index is 1.87. The van der Waals surface area contributed by atoms with Gasteiger partial charge in [-0.15, -0.1) is 0 Å². The van der Waals surface area contributed by atoms with E-state index >= 15 is 0 Å². The van der Waals surface area contributed by atoms with Crippen LogP contribution >= 0.6 is 0 Å². The average Bonchev–Trinajstić information content (AvgIpc) is 2.86. The van der Waals surface area contributed by atoms with Crippen molar-refractivity contribution >= 4 is 23.8 Å². The molecule has 192 valence electrons. The van der Waals surface area contributed by atoms with Gasteiger partial charge in [-0.2, -0.15) is 0 Å². The van der Waals surface area contributed by atoms with Crippen molar-refractivity contribution in [3.8, 4) is 0 Å². The van der Waals surface area contributed by atoms with Crippen LogP contribution in [0, 0.1) is 18.8 Å². The fraction of sp³-hybridized carbons (Fsp3) is 0.423. The summed E-state index contributed by atoms with van der Waals surface area (Å²) in [7, 11) is 0. The summed E-state index contributed by atoms with van der Waals surface area (Å²) in [4.78, 5) is 65.9. The summed E-state index contributed by atoms with van der Waals surface area (Å²) in [5, 5.41) is 2.40. The fourth-order valence-electron chi connectivity index (χ4n) is 3.74. The first-order valence-electron chi connectivity index (χ1n) is 11.7. The zero-order valence-corrected chi connectivity index (χ0v) is 20.6. The lowest BCUT2D eigenvalue weighted by Gasteiger charge is -2.29. The third-order valence-electron chi connectivity index (χ3n) is 5.77. The Hall–Kier alpha value is -3.95. The topological polar surface area (TPSA) is 141 Å². The van der Waals surface area contributed by atoms with Gasteiger partial charge in [-0.05, 0) is 38.0 Å². The number of aromatic nitrogens is 1. The Bertz CT molecular complexity index is 1170. The number of aromatic amines is 1. The number of hydrogen-bond donors (Lipinski definition) is 2. The molecule has 10 nitrogen and oxygen atoms in total. The molecule has 1 saturated heterocycles. The van der Waals surface area contributed by atoms with E-state index in [0.717, 1.165) is 5.56 Å². The second-order valence-corrected chi connectivity index (χ2v) is 9.03. The molecule has 2 heterocycles. The van der Waals surface area contributed by atoms with Crippen molar-refractivity contribution in [1.82, 2.24) is 10.3 Å². The van der Waals surface area contributed by atoms with E-state index < -0.39 is 66.1 Å². The van der Waals surface area contributed by atoms with Crippen LogP contribution in [0.2, 0.25) is 0 Å². The van der Waals surface area contributed by atoms with Gasteiger partial charge in [0.25, 0.3) is 11.5 Å². The number of amides is 1. The van der Waals surface area contributed by atoms with Crippen LogP contribution in [0.1, 0.15) is 42.4 Å². The fourth-order valence-corrected chi connectivity index (χ4v) is 3.74. The first kappa shape index (κ1) is 26.7. The first-order chi connectivity index (χ1) is 17.1. The SMILES string of the molecule is Cc1ccc(C(=O)N[C@H]2COC(=O)[C@H](Cc3ccccc3)C(OC(=O)C(C)C)C(C)OC2=O)c(=O)[nH]1. The van der Waals surface area contributed by atoms with Crippen molar-refractivity contribution in [2.75, 3.05) is 6.61 Å². The predicted molar refractivity (Wildman–Crippen MR) is 128 cm³/mol. The number of rotatable bonds is 6. The van der Waals surface area contributed by atoms with Crippen LogP contribution in [0.15, 0.2) is 47.3 Å². The highest BCUT2D eigenvalue weighted by Crippen LogP contribution is 2.24. The second kappa shape index (κ2) is 11.7. The summed E-state index contributed by atoms with van der Waals surface area (Å²) in [6.45, 7) is 5.95. The molecule has 1 amide bonds. The van der Waals surface area contributed by atoms with Crippen LogP contribution in [0.4, 0.5) is 0 Å². The summed E-state index contributed by atoms with van der Waals surface area (Å²) >= 11 is 0. The van der Waals surface area contributed by atoms with E-state index in [-0.39, 0.29) is 12.0 Å². The summed E-state index contributed by atoms with van der Waals surface area (Å²) in [5.74, 6) is -4.43.